The van der Waals surface area contributed by atoms with Crippen LogP contribution in [0.5, 0.6) is 0 Å². The molecule has 2 amide bonds. The van der Waals surface area contributed by atoms with E-state index in [0.29, 0.717) is 0 Å². The van der Waals surface area contributed by atoms with Crippen LogP contribution < -0.4 is 10.6 Å². The summed E-state index contributed by atoms with van der Waals surface area (Å²) in [5.74, 6) is -0.488. The Morgan fingerprint density at radius 3 is 2.38 bits per heavy atom. The van der Waals surface area contributed by atoms with Crippen LogP contribution in [0.2, 0.25) is 0 Å². The summed E-state index contributed by atoms with van der Waals surface area (Å²) in [6, 6.07) is -1.27. The third kappa shape index (κ3) is 1.98. The Kier molecular flexibility index (Phi) is 2.87. The first kappa shape index (κ1) is 9.98. The molecule has 0 aromatic rings. The van der Waals surface area contributed by atoms with Gasteiger partial charge >= 0.3 is 0 Å². The van der Waals surface area contributed by atoms with E-state index in [-0.39, 0.29) is 24.3 Å². The van der Waals surface area contributed by atoms with Gasteiger partial charge in [0, 0.05) is 0 Å². The number of rotatable bonds is 2. The van der Waals surface area contributed by atoms with Gasteiger partial charge in [0.15, 0.2) is 0 Å². The smallest absolute Gasteiger partial charge is 0.245 e. The van der Waals surface area contributed by atoms with Crippen LogP contribution in [-0.2, 0) is 9.59 Å². The van der Waals surface area contributed by atoms with E-state index in [4.69, 9.17) is 5.11 Å². The Morgan fingerprint density at radius 1 is 1.31 bits per heavy atom. The zero-order chi connectivity index (χ0) is 10.0. The lowest BCUT2D eigenvalue weighted by Crippen LogP contribution is -2.64. The van der Waals surface area contributed by atoms with Gasteiger partial charge in [-0.15, -0.1) is 0 Å². The topological polar surface area (TPSA) is 78.4 Å². The number of nitrogens with one attached hydrogen (secondary N) is 2. The molecule has 5 nitrogen and oxygen atoms in total. The highest BCUT2D eigenvalue weighted by atomic mass is 16.3. The number of carbonyl (C=O) groups is 2. The maximum Gasteiger partial charge on any atom is 0.245 e. The molecule has 1 unspecified atom stereocenters. The van der Waals surface area contributed by atoms with Crippen LogP contribution in [0.3, 0.4) is 0 Å². The summed E-state index contributed by atoms with van der Waals surface area (Å²) >= 11 is 0. The van der Waals surface area contributed by atoms with Crippen molar-refractivity contribution in [1.82, 2.24) is 10.6 Å². The summed E-state index contributed by atoms with van der Waals surface area (Å²) in [5.41, 5.74) is 0. The average Bonchev–Trinajstić information content (AvgIpc) is 2.07. The number of hydrogen-bond donors (Lipinski definition) is 3. The minimum Gasteiger partial charge on any atom is -0.394 e. The highest BCUT2D eigenvalue weighted by Gasteiger charge is 2.34. The van der Waals surface area contributed by atoms with Gasteiger partial charge < -0.3 is 15.7 Å². The van der Waals surface area contributed by atoms with E-state index < -0.39 is 12.1 Å². The first-order chi connectivity index (χ1) is 6.06. The average molecular weight is 186 g/mol. The highest BCUT2D eigenvalue weighted by molar-refractivity contribution is 5.97. The Bertz CT molecular complexity index is 227. The summed E-state index contributed by atoms with van der Waals surface area (Å²) in [5, 5.41) is 13.7. The highest BCUT2D eigenvalue weighted by Crippen LogP contribution is 2.06. The van der Waals surface area contributed by atoms with E-state index in [0.717, 1.165) is 0 Å². The summed E-state index contributed by atoms with van der Waals surface area (Å²) in [6.07, 6.45) is 0. The van der Waals surface area contributed by atoms with E-state index in [1.807, 2.05) is 13.8 Å². The molecule has 2 atom stereocenters. The summed E-state index contributed by atoms with van der Waals surface area (Å²) in [7, 11) is 0. The van der Waals surface area contributed by atoms with Crippen molar-refractivity contribution >= 4 is 11.8 Å². The molecule has 1 aliphatic rings. The van der Waals surface area contributed by atoms with Gasteiger partial charge in [-0.05, 0) is 5.92 Å². The van der Waals surface area contributed by atoms with Crippen LogP contribution in [0, 0.1) is 5.92 Å². The lowest BCUT2D eigenvalue weighted by atomic mass is 10.00. The SMILES string of the molecule is CC(C)[C@@H]1NC(=O)C(CO)NC1=O. The number of hydrogen-bond acceptors (Lipinski definition) is 3. The fourth-order valence-corrected chi connectivity index (χ4v) is 1.24. The van der Waals surface area contributed by atoms with Crippen LogP contribution in [0.15, 0.2) is 0 Å². The normalized spacial score (nSPS) is 28.6. The molecule has 5 heteroatoms. The predicted octanol–water partition coefficient (Wildman–Crippen LogP) is -1.38. The van der Waals surface area contributed by atoms with E-state index in [1.165, 1.54) is 0 Å². The molecule has 0 radical (unpaired) electrons. The lowest BCUT2D eigenvalue weighted by Gasteiger charge is -2.30. The summed E-state index contributed by atoms with van der Waals surface area (Å²) in [4.78, 5) is 22.5. The second-order valence-electron chi connectivity index (χ2n) is 3.47. The summed E-state index contributed by atoms with van der Waals surface area (Å²) in [6.45, 7) is 3.34. The number of aliphatic hydroxyl groups is 1. The molecule has 1 fully saturated rings. The number of carbonyl (C=O) groups excluding carboxylic acids is 2. The van der Waals surface area contributed by atoms with E-state index in [2.05, 4.69) is 10.6 Å². The van der Waals surface area contributed by atoms with Gasteiger partial charge in [-0.25, -0.2) is 0 Å². The number of piperazine rings is 1. The molecule has 0 aromatic heterocycles. The van der Waals surface area contributed by atoms with Gasteiger partial charge in [-0.2, -0.15) is 0 Å². The maximum absolute atomic E-state index is 11.3. The van der Waals surface area contributed by atoms with Crippen LogP contribution in [0.4, 0.5) is 0 Å². The van der Waals surface area contributed by atoms with Crippen molar-refractivity contribution in [3.8, 4) is 0 Å². The first-order valence-corrected chi connectivity index (χ1v) is 4.28. The molecular formula is C8H14N2O3. The molecule has 1 aliphatic heterocycles. The lowest BCUT2D eigenvalue weighted by molar-refractivity contribution is -0.138. The van der Waals surface area contributed by atoms with Crippen molar-refractivity contribution in [3.05, 3.63) is 0 Å². The minimum absolute atomic E-state index is 0.0589. The van der Waals surface area contributed by atoms with Gasteiger partial charge in [0.05, 0.1) is 6.61 Å². The Balaban J connectivity index is 2.67. The van der Waals surface area contributed by atoms with Crippen LogP contribution in [0.1, 0.15) is 13.8 Å². The van der Waals surface area contributed by atoms with Crippen LogP contribution >= 0.6 is 0 Å². The van der Waals surface area contributed by atoms with Crippen molar-refractivity contribution in [2.24, 2.45) is 5.92 Å². The Hall–Kier alpha value is -1.10. The third-order valence-electron chi connectivity index (χ3n) is 2.06. The second-order valence-corrected chi connectivity index (χ2v) is 3.47. The molecular weight excluding hydrogens is 172 g/mol. The first-order valence-electron chi connectivity index (χ1n) is 4.28. The van der Waals surface area contributed by atoms with Gasteiger partial charge in [0.25, 0.3) is 0 Å². The van der Waals surface area contributed by atoms with E-state index in [9.17, 15) is 9.59 Å². The molecule has 0 aliphatic carbocycles. The molecule has 74 valence electrons. The van der Waals surface area contributed by atoms with Crippen molar-refractivity contribution in [1.29, 1.82) is 0 Å². The Labute approximate surface area is 76.5 Å². The van der Waals surface area contributed by atoms with Crippen molar-refractivity contribution in [2.45, 2.75) is 25.9 Å². The predicted molar refractivity (Wildman–Crippen MR) is 45.8 cm³/mol. The minimum atomic E-state index is -0.789. The van der Waals surface area contributed by atoms with E-state index >= 15 is 0 Å². The van der Waals surface area contributed by atoms with Gasteiger partial charge in [0.2, 0.25) is 11.8 Å². The largest absolute Gasteiger partial charge is 0.394 e. The molecule has 1 saturated heterocycles. The summed E-state index contributed by atoms with van der Waals surface area (Å²) < 4.78 is 0. The molecule has 0 aromatic carbocycles. The van der Waals surface area contributed by atoms with Crippen molar-refractivity contribution in [2.75, 3.05) is 6.61 Å². The third-order valence-corrected chi connectivity index (χ3v) is 2.06. The van der Waals surface area contributed by atoms with Crippen LogP contribution in [-0.4, -0.2) is 35.6 Å². The molecule has 13 heavy (non-hydrogen) atoms. The van der Waals surface area contributed by atoms with Gasteiger partial charge in [-0.1, -0.05) is 13.8 Å². The van der Waals surface area contributed by atoms with Crippen molar-refractivity contribution < 1.29 is 14.7 Å². The molecule has 3 N–H and O–H groups in total. The standard InChI is InChI=1S/C8H14N2O3/c1-4(2)6-8(13)9-5(3-11)7(12)10-6/h4-6,11H,3H2,1-2H3,(H,9,13)(H,10,12)/t5?,6-/m0/s1. The molecule has 0 spiro atoms. The molecule has 0 saturated carbocycles. The molecule has 1 heterocycles. The number of amides is 2. The maximum atomic E-state index is 11.3. The molecule has 1 rings (SSSR count). The van der Waals surface area contributed by atoms with Crippen molar-refractivity contribution in [3.63, 3.8) is 0 Å². The Morgan fingerprint density at radius 2 is 1.92 bits per heavy atom. The van der Waals surface area contributed by atoms with Gasteiger partial charge in [0.1, 0.15) is 12.1 Å². The quantitative estimate of drug-likeness (QED) is 0.497. The molecule has 0 bridgehead atoms. The fraction of sp³-hybridized carbons (Fsp3) is 0.750. The van der Waals surface area contributed by atoms with Gasteiger partial charge in [-0.3, -0.25) is 9.59 Å². The zero-order valence-electron chi connectivity index (χ0n) is 7.70. The van der Waals surface area contributed by atoms with E-state index in [1.54, 1.807) is 0 Å². The second kappa shape index (κ2) is 3.74. The number of aliphatic hydroxyl groups excluding tert-OH is 1. The zero-order valence-corrected chi connectivity index (χ0v) is 7.70. The van der Waals surface area contributed by atoms with Crippen LogP contribution in [0.25, 0.3) is 0 Å². The fourth-order valence-electron chi connectivity index (χ4n) is 1.24. The monoisotopic (exact) mass is 186 g/mol.